The second-order valence-electron chi connectivity index (χ2n) is 5.35. The molecule has 1 aromatic carbocycles. The molecule has 0 aliphatic rings. The number of aromatic nitrogens is 2. The predicted octanol–water partition coefficient (Wildman–Crippen LogP) is 2.83. The molecule has 2 amide bonds. The van der Waals surface area contributed by atoms with Crippen LogP contribution in [0.15, 0.2) is 42.5 Å². The number of nitrogens with zero attached hydrogens (tertiary/aromatic N) is 1. The highest BCUT2D eigenvalue weighted by Crippen LogP contribution is 2.18. The molecule has 3 rings (SSSR count). The number of rotatable bonds is 3. The van der Waals surface area contributed by atoms with Crippen LogP contribution in [0.1, 0.15) is 30.6 Å². The van der Waals surface area contributed by atoms with Crippen molar-refractivity contribution in [1.29, 1.82) is 0 Å². The van der Waals surface area contributed by atoms with Crippen LogP contribution in [0.4, 0.5) is 0 Å². The van der Waals surface area contributed by atoms with Crippen molar-refractivity contribution in [2.75, 3.05) is 0 Å². The zero-order valence-electron chi connectivity index (χ0n) is 13.2. The van der Waals surface area contributed by atoms with Gasteiger partial charge in [-0.05, 0) is 32.0 Å². The molecular formula is C17H16N4O2S. The number of hydrazine groups is 1. The molecule has 0 fully saturated rings. The van der Waals surface area contributed by atoms with E-state index in [0.29, 0.717) is 10.6 Å². The predicted molar refractivity (Wildman–Crippen MR) is 92.7 cm³/mol. The van der Waals surface area contributed by atoms with E-state index in [0.717, 1.165) is 16.0 Å². The fraction of sp³-hybridized carbons (Fsp3) is 0.118. The molecule has 122 valence electrons. The molecule has 0 aliphatic heterocycles. The topological polar surface area (TPSA) is 86.9 Å². The monoisotopic (exact) mass is 340 g/mol. The Hall–Kier alpha value is -2.93. The van der Waals surface area contributed by atoms with E-state index in [4.69, 9.17) is 0 Å². The van der Waals surface area contributed by atoms with Gasteiger partial charge in [-0.15, -0.1) is 11.3 Å². The van der Waals surface area contributed by atoms with Gasteiger partial charge in [-0.2, -0.15) is 5.10 Å². The van der Waals surface area contributed by atoms with Crippen molar-refractivity contribution < 1.29 is 9.59 Å². The average Bonchev–Trinajstić information content (AvgIpc) is 3.22. The van der Waals surface area contributed by atoms with E-state index in [1.54, 1.807) is 12.1 Å². The van der Waals surface area contributed by atoms with Crippen LogP contribution < -0.4 is 10.9 Å². The van der Waals surface area contributed by atoms with Gasteiger partial charge in [0.05, 0.1) is 10.6 Å². The fourth-order valence-electron chi connectivity index (χ4n) is 2.11. The Balaban J connectivity index is 1.63. The molecule has 24 heavy (non-hydrogen) atoms. The van der Waals surface area contributed by atoms with Crippen molar-refractivity contribution in [3.8, 4) is 11.3 Å². The SMILES string of the molecule is Cc1ccc(-c2cc(C(=O)NNC(=O)c3ccc(C)s3)[nH]n2)cc1. The highest BCUT2D eigenvalue weighted by Gasteiger charge is 2.13. The van der Waals surface area contributed by atoms with Gasteiger partial charge in [0.25, 0.3) is 11.8 Å². The van der Waals surface area contributed by atoms with Crippen molar-refractivity contribution in [2.24, 2.45) is 0 Å². The van der Waals surface area contributed by atoms with E-state index in [9.17, 15) is 9.59 Å². The van der Waals surface area contributed by atoms with Gasteiger partial charge in [-0.1, -0.05) is 29.8 Å². The summed E-state index contributed by atoms with van der Waals surface area (Å²) < 4.78 is 0. The third-order valence-corrected chi connectivity index (χ3v) is 4.42. The summed E-state index contributed by atoms with van der Waals surface area (Å²) in [5, 5.41) is 6.80. The standard InChI is InChI=1S/C17H16N4O2S/c1-10-3-6-12(7-4-10)13-9-14(19-18-13)16(22)20-21-17(23)15-8-5-11(2)24-15/h3-9H,1-2H3,(H,18,19)(H,20,22)(H,21,23). The second-order valence-corrected chi connectivity index (χ2v) is 6.64. The second kappa shape index (κ2) is 6.67. The van der Waals surface area contributed by atoms with Gasteiger partial charge in [-0.3, -0.25) is 25.5 Å². The van der Waals surface area contributed by atoms with Gasteiger partial charge >= 0.3 is 0 Å². The van der Waals surface area contributed by atoms with Crippen LogP contribution in [0.5, 0.6) is 0 Å². The van der Waals surface area contributed by atoms with Crippen LogP contribution in [0.2, 0.25) is 0 Å². The minimum Gasteiger partial charge on any atom is -0.272 e. The first-order chi connectivity index (χ1) is 11.5. The molecule has 2 heterocycles. The van der Waals surface area contributed by atoms with Crippen LogP contribution in [0.25, 0.3) is 11.3 Å². The van der Waals surface area contributed by atoms with E-state index in [1.165, 1.54) is 11.3 Å². The number of carbonyl (C=O) groups is 2. The lowest BCUT2D eigenvalue weighted by Crippen LogP contribution is -2.41. The number of aryl methyl sites for hydroxylation is 2. The molecule has 0 spiro atoms. The molecule has 0 bridgehead atoms. The molecule has 0 unspecified atom stereocenters. The Labute approximate surface area is 142 Å². The zero-order valence-corrected chi connectivity index (χ0v) is 14.0. The summed E-state index contributed by atoms with van der Waals surface area (Å²) in [6, 6.07) is 13.0. The highest BCUT2D eigenvalue weighted by atomic mass is 32.1. The quantitative estimate of drug-likeness (QED) is 0.641. The summed E-state index contributed by atoms with van der Waals surface area (Å²) in [6.07, 6.45) is 0. The van der Waals surface area contributed by atoms with Gasteiger partial charge in [-0.25, -0.2) is 0 Å². The number of aromatic amines is 1. The van der Waals surface area contributed by atoms with Gasteiger partial charge in [0, 0.05) is 10.4 Å². The third kappa shape index (κ3) is 3.52. The molecule has 0 radical (unpaired) electrons. The first kappa shape index (κ1) is 15.9. The van der Waals surface area contributed by atoms with Gasteiger partial charge < -0.3 is 0 Å². The molecule has 0 atom stereocenters. The van der Waals surface area contributed by atoms with E-state index in [2.05, 4.69) is 21.0 Å². The van der Waals surface area contributed by atoms with Crippen molar-refractivity contribution in [3.63, 3.8) is 0 Å². The maximum atomic E-state index is 12.1. The average molecular weight is 340 g/mol. The van der Waals surface area contributed by atoms with Crippen molar-refractivity contribution in [3.05, 3.63) is 63.5 Å². The summed E-state index contributed by atoms with van der Waals surface area (Å²) in [4.78, 5) is 25.6. The van der Waals surface area contributed by atoms with E-state index >= 15 is 0 Å². The molecule has 7 heteroatoms. The summed E-state index contributed by atoms with van der Waals surface area (Å²) in [7, 11) is 0. The van der Waals surface area contributed by atoms with Crippen molar-refractivity contribution in [1.82, 2.24) is 21.0 Å². The Bertz CT molecular complexity index is 880. The Morgan fingerprint density at radius 2 is 1.71 bits per heavy atom. The van der Waals surface area contributed by atoms with Gasteiger partial charge in [0.1, 0.15) is 5.69 Å². The minimum atomic E-state index is -0.456. The largest absolute Gasteiger partial charge is 0.287 e. The lowest BCUT2D eigenvalue weighted by Gasteiger charge is -2.04. The molecule has 6 nitrogen and oxygen atoms in total. The van der Waals surface area contributed by atoms with Crippen molar-refractivity contribution >= 4 is 23.2 Å². The number of amides is 2. The Morgan fingerprint density at radius 3 is 2.38 bits per heavy atom. The first-order valence-electron chi connectivity index (χ1n) is 7.32. The molecule has 2 aromatic heterocycles. The fourth-order valence-corrected chi connectivity index (χ4v) is 2.87. The maximum absolute atomic E-state index is 12.1. The molecule has 3 N–H and O–H groups in total. The normalized spacial score (nSPS) is 10.4. The van der Waals surface area contributed by atoms with Crippen LogP contribution in [-0.2, 0) is 0 Å². The summed E-state index contributed by atoms with van der Waals surface area (Å²) in [5.74, 6) is -0.804. The minimum absolute atomic E-state index is 0.272. The number of hydrogen-bond acceptors (Lipinski definition) is 4. The number of thiophene rings is 1. The van der Waals surface area contributed by atoms with Crippen LogP contribution in [0.3, 0.4) is 0 Å². The molecular weight excluding hydrogens is 324 g/mol. The van der Waals surface area contributed by atoms with Crippen LogP contribution >= 0.6 is 11.3 Å². The molecule has 0 saturated heterocycles. The first-order valence-corrected chi connectivity index (χ1v) is 8.14. The van der Waals surface area contributed by atoms with Crippen molar-refractivity contribution in [2.45, 2.75) is 13.8 Å². The number of nitrogens with one attached hydrogen (secondary N) is 3. The summed E-state index contributed by atoms with van der Waals surface area (Å²) >= 11 is 1.36. The molecule has 0 saturated carbocycles. The van der Waals surface area contributed by atoms with Gasteiger partial charge in [0.2, 0.25) is 0 Å². The lowest BCUT2D eigenvalue weighted by atomic mass is 10.1. The van der Waals surface area contributed by atoms with E-state index in [1.807, 2.05) is 44.2 Å². The lowest BCUT2D eigenvalue weighted by molar-refractivity contribution is 0.0846. The van der Waals surface area contributed by atoms with Crippen LogP contribution in [0, 0.1) is 13.8 Å². The number of benzene rings is 1. The summed E-state index contributed by atoms with van der Waals surface area (Å²) in [6.45, 7) is 3.92. The maximum Gasteiger partial charge on any atom is 0.287 e. The number of H-pyrrole nitrogens is 1. The van der Waals surface area contributed by atoms with Crippen LogP contribution in [-0.4, -0.2) is 22.0 Å². The smallest absolute Gasteiger partial charge is 0.272 e. The highest BCUT2D eigenvalue weighted by molar-refractivity contribution is 7.13. The molecule has 3 aromatic rings. The summed E-state index contributed by atoms with van der Waals surface area (Å²) in [5.41, 5.74) is 7.77. The van der Waals surface area contributed by atoms with E-state index in [-0.39, 0.29) is 11.6 Å². The Kier molecular flexibility index (Phi) is 4.43. The zero-order chi connectivity index (χ0) is 17.1. The molecule has 0 aliphatic carbocycles. The Morgan fingerprint density at radius 1 is 1.00 bits per heavy atom. The van der Waals surface area contributed by atoms with E-state index < -0.39 is 5.91 Å². The number of hydrogen-bond donors (Lipinski definition) is 3. The number of carbonyl (C=O) groups excluding carboxylic acids is 2. The third-order valence-electron chi connectivity index (χ3n) is 3.42. The van der Waals surface area contributed by atoms with Gasteiger partial charge in [0.15, 0.2) is 0 Å².